The molecular formula is C14H29N3O2S. The van der Waals surface area contributed by atoms with Crippen LogP contribution in [0.4, 0.5) is 0 Å². The molecule has 2 atom stereocenters. The molecule has 20 heavy (non-hydrogen) atoms. The van der Waals surface area contributed by atoms with Crippen LogP contribution in [-0.4, -0.2) is 68.2 Å². The van der Waals surface area contributed by atoms with E-state index < -0.39 is 10.2 Å². The predicted molar refractivity (Wildman–Crippen MR) is 81.7 cm³/mol. The smallest absolute Gasteiger partial charge is 0.281 e. The van der Waals surface area contributed by atoms with Gasteiger partial charge in [0.1, 0.15) is 0 Å². The Morgan fingerprint density at radius 2 is 1.85 bits per heavy atom. The molecule has 0 aromatic rings. The molecule has 0 saturated carbocycles. The summed E-state index contributed by atoms with van der Waals surface area (Å²) in [5.41, 5.74) is 0. The molecule has 2 heterocycles. The van der Waals surface area contributed by atoms with E-state index in [-0.39, 0.29) is 0 Å². The summed E-state index contributed by atoms with van der Waals surface area (Å²) in [5.74, 6) is 0.972. The summed E-state index contributed by atoms with van der Waals surface area (Å²) in [6.45, 7) is 9.07. The lowest BCUT2D eigenvalue weighted by atomic mass is 10.0. The summed E-state index contributed by atoms with van der Waals surface area (Å²) < 4.78 is 28.8. The molecule has 6 heteroatoms. The van der Waals surface area contributed by atoms with E-state index in [1.54, 1.807) is 8.61 Å². The van der Waals surface area contributed by atoms with Gasteiger partial charge in [-0.3, -0.25) is 0 Å². The average Bonchev–Trinajstić information content (AvgIpc) is 2.87. The van der Waals surface area contributed by atoms with Gasteiger partial charge >= 0.3 is 0 Å². The van der Waals surface area contributed by atoms with E-state index >= 15 is 0 Å². The first-order valence-corrected chi connectivity index (χ1v) is 9.27. The van der Waals surface area contributed by atoms with Crippen molar-refractivity contribution in [2.75, 3.05) is 46.3 Å². The third-order valence-corrected chi connectivity index (χ3v) is 6.60. The highest BCUT2D eigenvalue weighted by Gasteiger charge is 2.37. The van der Waals surface area contributed by atoms with Gasteiger partial charge < -0.3 is 4.90 Å². The monoisotopic (exact) mass is 303 g/mol. The minimum absolute atomic E-state index is 0.483. The fourth-order valence-electron chi connectivity index (χ4n) is 3.24. The normalized spacial score (nSPS) is 30.2. The third kappa shape index (κ3) is 3.72. The highest BCUT2D eigenvalue weighted by molar-refractivity contribution is 7.86. The Morgan fingerprint density at radius 3 is 2.50 bits per heavy atom. The summed E-state index contributed by atoms with van der Waals surface area (Å²) >= 11 is 0. The van der Waals surface area contributed by atoms with Crippen LogP contribution in [0.3, 0.4) is 0 Å². The molecule has 2 rings (SSSR count). The molecule has 0 N–H and O–H groups in total. The van der Waals surface area contributed by atoms with Gasteiger partial charge in [-0.2, -0.15) is 17.0 Å². The maximum atomic E-state index is 12.7. The Kier molecular flexibility index (Phi) is 5.45. The summed E-state index contributed by atoms with van der Waals surface area (Å²) in [6, 6.07) is 0. The topological polar surface area (TPSA) is 43.9 Å². The first kappa shape index (κ1) is 16.2. The zero-order valence-corrected chi connectivity index (χ0v) is 13.9. The van der Waals surface area contributed by atoms with Crippen LogP contribution >= 0.6 is 0 Å². The standard InChI is InChI=1S/C14H29N3O2S/c1-4-15(3)11-14-7-9-17(12-14)20(18,19)16-8-5-6-13(2)10-16/h13-14H,4-12H2,1-3H3/t13-,14+/m1/s1. The summed E-state index contributed by atoms with van der Waals surface area (Å²) in [4.78, 5) is 2.27. The average molecular weight is 303 g/mol. The van der Waals surface area contributed by atoms with Crippen LogP contribution in [0.15, 0.2) is 0 Å². The summed E-state index contributed by atoms with van der Waals surface area (Å²) in [6.07, 6.45) is 3.14. The van der Waals surface area contributed by atoms with Crippen LogP contribution in [0, 0.1) is 11.8 Å². The second-order valence-electron chi connectivity index (χ2n) is 6.48. The van der Waals surface area contributed by atoms with Crippen LogP contribution in [0.5, 0.6) is 0 Å². The quantitative estimate of drug-likeness (QED) is 0.767. The molecule has 2 saturated heterocycles. The minimum Gasteiger partial charge on any atom is -0.306 e. The van der Waals surface area contributed by atoms with Gasteiger partial charge in [0.15, 0.2) is 0 Å². The summed E-state index contributed by atoms with van der Waals surface area (Å²) in [7, 11) is -1.12. The van der Waals surface area contributed by atoms with Gasteiger partial charge in [-0.15, -0.1) is 0 Å². The van der Waals surface area contributed by atoms with E-state index in [9.17, 15) is 8.42 Å². The largest absolute Gasteiger partial charge is 0.306 e. The fraction of sp³-hybridized carbons (Fsp3) is 1.00. The molecule has 0 amide bonds. The molecule has 2 fully saturated rings. The van der Waals surface area contributed by atoms with Crippen LogP contribution < -0.4 is 0 Å². The van der Waals surface area contributed by atoms with Gasteiger partial charge in [-0.25, -0.2) is 0 Å². The van der Waals surface area contributed by atoms with Gasteiger partial charge in [-0.1, -0.05) is 13.8 Å². The molecule has 0 aliphatic carbocycles. The molecule has 2 aliphatic heterocycles. The Hall–Kier alpha value is -0.170. The second-order valence-corrected chi connectivity index (χ2v) is 8.41. The first-order chi connectivity index (χ1) is 9.43. The Balaban J connectivity index is 1.94. The van der Waals surface area contributed by atoms with Crippen molar-refractivity contribution >= 4 is 10.2 Å². The van der Waals surface area contributed by atoms with Crippen molar-refractivity contribution in [1.29, 1.82) is 0 Å². The Morgan fingerprint density at radius 1 is 1.15 bits per heavy atom. The molecule has 0 spiro atoms. The number of piperidine rings is 1. The lowest BCUT2D eigenvalue weighted by Gasteiger charge is -2.33. The van der Waals surface area contributed by atoms with Crippen molar-refractivity contribution in [2.45, 2.75) is 33.1 Å². The minimum atomic E-state index is -3.22. The van der Waals surface area contributed by atoms with Gasteiger partial charge in [0, 0.05) is 32.7 Å². The van der Waals surface area contributed by atoms with E-state index in [0.717, 1.165) is 32.4 Å². The zero-order chi connectivity index (χ0) is 14.8. The number of hydrogen-bond donors (Lipinski definition) is 0. The predicted octanol–water partition coefficient (Wildman–Crippen LogP) is 1.24. The van der Waals surface area contributed by atoms with Crippen molar-refractivity contribution in [3.63, 3.8) is 0 Å². The molecule has 2 aliphatic rings. The Labute approximate surface area is 124 Å². The molecule has 0 bridgehead atoms. The Bertz CT molecular complexity index is 413. The SMILES string of the molecule is CCN(C)C[C@@H]1CCN(S(=O)(=O)N2CCC[C@@H](C)C2)C1. The van der Waals surface area contributed by atoms with Gasteiger partial charge in [0.2, 0.25) is 0 Å². The molecular weight excluding hydrogens is 274 g/mol. The highest BCUT2D eigenvalue weighted by Crippen LogP contribution is 2.25. The molecule has 118 valence electrons. The van der Waals surface area contributed by atoms with E-state index in [0.29, 0.717) is 38.0 Å². The van der Waals surface area contributed by atoms with Crippen LogP contribution in [0.1, 0.15) is 33.1 Å². The number of rotatable bonds is 5. The lowest BCUT2D eigenvalue weighted by molar-refractivity contribution is 0.258. The van der Waals surface area contributed by atoms with Crippen molar-refractivity contribution in [2.24, 2.45) is 11.8 Å². The van der Waals surface area contributed by atoms with E-state index in [4.69, 9.17) is 0 Å². The molecule has 0 aromatic carbocycles. The third-order valence-electron chi connectivity index (χ3n) is 4.63. The summed E-state index contributed by atoms with van der Waals surface area (Å²) in [5, 5.41) is 0. The van der Waals surface area contributed by atoms with Crippen molar-refractivity contribution < 1.29 is 8.42 Å². The number of hydrogen-bond acceptors (Lipinski definition) is 3. The van der Waals surface area contributed by atoms with E-state index in [2.05, 4.69) is 25.8 Å². The molecule has 5 nitrogen and oxygen atoms in total. The second kappa shape index (κ2) is 6.73. The van der Waals surface area contributed by atoms with E-state index in [1.165, 1.54) is 0 Å². The van der Waals surface area contributed by atoms with Crippen molar-refractivity contribution in [3.8, 4) is 0 Å². The van der Waals surface area contributed by atoms with Crippen LogP contribution in [0.2, 0.25) is 0 Å². The zero-order valence-electron chi connectivity index (χ0n) is 13.1. The van der Waals surface area contributed by atoms with Crippen molar-refractivity contribution in [1.82, 2.24) is 13.5 Å². The van der Waals surface area contributed by atoms with Gasteiger partial charge in [-0.05, 0) is 44.7 Å². The number of nitrogens with zero attached hydrogens (tertiary/aromatic N) is 3. The maximum Gasteiger partial charge on any atom is 0.281 e. The fourth-order valence-corrected chi connectivity index (χ4v) is 5.11. The molecule has 0 unspecified atom stereocenters. The maximum absolute atomic E-state index is 12.7. The van der Waals surface area contributed by atoms with Gasteiger partial charge in [0.25, 0.3) is 10.2 Å². The first-order valence-electron chi connectivity index (χ1n) is 7.87. The van der Waals surface area contributed by atoms with E-state index in [1.807, 2.05) is 0 Å². The van der Waals surface area contributed by atoms with Crippen LogP contribution in [0.25, 0.3) is 0 Å². The lowest BCUT2D eigenvalue weighted by Crippen LogP contribution is -2.47. The van der Waals surface area contributed by atoms with Gasteiger partial charge in [0.05, 0.1) is 0 Å². The molecule has 0 radical (unpaired) electrons. The van der Waals surface area contributed by atoms with Crippen molar-refractivity contribution in [3.05, 3.63) is 0 Å². The molecule has 0 aromatic heterocycles. The highest BCUT2D eigenvalue weighted by atomic mass is 32.2. The van der Waals surface area contributed by atoms with Crippen LogP contribution in [-0.2, 0) is 10.2 Å².